The molecule has 3 rings (SSSR count). The minimum Gasteiger partial charge on any atom is -0.478 e. The number of hydrazone groups is 1. The fourth-order valence-corrected chi connectivity index (χ4v) is 2.27. The highest BCUT2D eigenvalue weighted by Gasteiger charge is 2.02. The molecule has 114 valence electrons. The molecule has 0 radical (unpaired) electrons. The fourth-order valence-electron chi connectivity index (χ4n) is 2.11. The molecule has 0 saturated carbocycles. The van der Waals surface area contributed by atoms with Crippen molar-refractivity contribution in [3.8, 4) is 0 Å². The molecule has 0 aliphatic carbocycles. The number of carbonyl (C=O) groups is 1. The minimum atomic E-state index is -0.950. The van der Waals surface area contributed by atoms with Crippen molar-refractivity contribution in [2.45, 2.75) is 0 Å². The van der Waals surface area contributed by atoms with E-state index < -0.39 is 5.97 Å². The second-order valence-corrected chi connectivity index (χ2v) is 5.25. The Morgan fingerprint density at radius 3 is 2.70 bits per heavy atom. The van der Waals surface area contributed by atoms with E-state index in [1.54, 1.807) is 36.7 Å². The molecule has 1 aromatic heterocycles. The summed E-state index contributed by atoms with van der Waals surface area (Å²) >= 11 is 5.96. The Bertz CT molecular complexity index is 892. The summed E-state index contributed by atoms with van der Waals surface area (Å²) in [5, 5.41) is 14.6. The van der Waals surface area contributed by atoms with Crippen LogP contribution in [0.1, 0.15) is 15.9 Å². The lowest BCUT2D eigenvalue weighted by atomic mass is 10.1. The molecular weight excluding hydrogens is 314 g/mol. The van der Waals surface area contributed by atoms with Crippen LogP contribution in [-0.4, -0.2) is 22.3 Å². The number of hydrogen-bond donors (Lipinski definition) is 2. The van der Waals surface area contributed by atoms with Crippen molar-refractivity contribution in [2.24, 2.45) is 5.10 Å². The highest BCUT2D eigenvalue weighted by atomic mass is 35.5. The van der Waals surface area contributed by atoms with Gasteiger partial charge in [-0.2, -0.15) is 5.10 Å². The lowest BCUT2D eigenvalue weighted by Gasteiger charge is -2.05. The quantitative estimate of drug-likeness (QED) is 0.561. The van der Waals surface area contributed by atoms with Gasteiger partial charge in [0, 0.05) is 16.6 Å². The lowest BCUT2D eigenvalue weighted by Crippen LogP contribution is -1.96. The predicted molar refractivity (Wildman–Crippen MR) is 91.4 cm³/mol. The second-order valence-electron chi connectivity index (χ2n) is 4.82. The molecule has 0 bridgehead atoms. The van der Waals surface area contributed by atoms with Crippen LogP contribution in [0.4, 0.5) is 5.69 Å². The highest BCUT2D eigenvalue weighted by molar-refractivity contribution is 6.31. The molecule has 1 heterocycles. The summed E-state index contributed by atoms with van der Waals surface area (Å²) in [6.07, 6.45) is 3.30. The van der Waals surface area contributed by atoms with Crippen molar-refractivity contribution >= 4 is 40.4 Å². The Balaban J connectivity index is 1.79. The number of aromatic nitrogens is 1. The van der Waals surface area contributed by atoms with Crippen molar-refractivity contribution in [3.63, 3.8) is 0 Å². The Labute approximate surface area is 137 Å². The normalized spacial score (nSPS) is 11.0. The van der Waals surface area contributed by atoms with Crippen LogP contribution in [0.3, 0.4) is 0 Å². The Hall–Kier alpha value is -2.92. The van der Waals surface area contributed by atoms with Crippen LogP contribution in [0.5, 0.6) is 0 Å². The average Bonchev–Trinajstić information content (AvgIpc) is 2.55. The molecule has 0 aliphatic rings. The number of halogens is 1. The molecule has 0 atom stereocenters. The van der Waals surface area contributed by atoms with Crippen LogP contribution in [0.25, 0.3) is 10.9 Å². The molecule has 0 aliphatic heterocycles. The fraction of sp³-hybridized carbons (Fsp3) is 0. The minimum absolute atomic E-state index is 0.243. The third-order valence-electron chi connectivity index (χ3n) is 3.26. The van der Waals surface area contributed by atoms with Crippen molar-refractivity contribution < 1.29 is 9.90 Å². The van der Waals surface area contributed by atoms with Crippen LogP contribution >= 0.6 is 11.6 Å². The van der Waals surface area contributed by atoms with E-state index in [-0.39, 0.29) is 5.56 Å². The SMILES string of the molecule is O=C(O)c1ccc(/C=N/Nc2ccnc3cc(Cl)ccc23)cc1. The summed E-state index contributed by atoms with van der Waals surface area (Å²) in [5.74, 6) is -0.950. The number of benzene rings is 2. The highest BCUT2D eigenvalue weighted by Crippen LogP contribution is 2.24. The molecule has 5 nitrogen and oxygen atoms in total. The Morgan fingerprint density at radius 2 is 1.96 bits per heavy atom. The first-order valence-corrected chi connectivity index (χ1v) is 7.18. The summed E-state index contributed by atoms with van der Waals surface area (Å²) in [4.78, 5) is 15.1. The number of carboxylic acid groups (broad SMARTS) is 1. The Morgan fingerprint density at radius 1 is 1.17 bits per heavy atom. The predicted octanol–water partition coefficient (Wildman–Crippen LogP) is 4.03. The van der Waals surface area contributed by atoms with Crippen LogP contribution < -0.4 is 5.43 Å². The van der Waals surface area contributed by atoms with Gasteiger partial charge in [-0.15, -0.1) is 0 Å². The zero-order chi connectivity index (χ0) is 16.2. The molecule has 0 saturated heterocycles. The van der Waals surface area contributed by atoms with E-state index in [9.17, 15) is 4.79 Å². The number of nitrogens with zero attached hydrogens (tertiary/aromatic N) is 2. The van der Waals surface area contributed by atoms with Gasteiger partial charge in [0.05, 0.1) is 23.0 Å². The number of fused-ring (bicyclic) bond motifs is 1. The molecule has 0 fully saturated rings. The van der Waals surface area contributed by atoms with Gasteiger partial charge < -0.3 is 5.11 Å². The smallest absolute Gasteiger partial charge is 0.335 e. The average molecular weight is 326 g/mol. The molecular formula is C17H12ClN3O2. The van der Waals surface area contributed by atoms with Gasteiger partial charge in [-0.3, -0.25) is 10.4 Å². The maximum atomic E-state index is 10.8. The maximum Gasteiger partial charge on any atom is 0.335 e. The molecule has 0 unspecified atom stereocenters. The van der Waals surface area contributed by atoms with E-state index in [1.165, 1.54) is 12.1 Å². The van der Waals surface area contributed by atoms with Crippen LogP contribution in [0, 0.1) is 0 Å². The number of aromatic carboxylic acids is 1. The van der Waals surface area contributed by atoms with Gasteiger partial charge in [0.1, 0.15) is 0 Å². The third kappa shape index (κ3) is 3.46. The van der Waals surface area contributed by atoms with Gasteiger partial charge in [-0.25, -0.2) is 4.79 Å². The molecule has 2 aromatic carbocycles. The zero-order valence-electron chi connectivity index (χ0n) is 11.9. The lowest BCUT2D eigenvalue weighted by molar-refractivity contribution is 0.0697. The standard InChI is InChI=1S/C17H12ClN3O2/c18-13-5-6-14-15(7-8-19-16(14)9-13)21-20-10-11-1-3-12(4-2-11)17(22)23/h1-10H,(H,19,21)(H,22,23)/b20-10+. The van der Waals surface area contributed by atoms with Crippen molar-refractivity contribution in [1.82, 2.24) is 4.98 Å². The van der Waals surface area contributed by atoms with E-state index >= 15 is 0 Å². The molecule has 6 heteroatoms. The van der Waals surface area contributed by atoms with Crippen LogP contribution in [-0.2, 0) is 0 Å². The summed E-state index contributed by atoms with van der Waals surface area (Å²) in [6.45, 7) is 0. The largest absolute Gasteiger partial charge is 0.478 e. The maximum absolute atomic E-state index is 10.8. The van der Waals surface area contributed by atoms with Gasteiger partial charge in [0.15, 0.2) is 0 Å². The number of hydrogen-bond acceptors (Lipinski definition) is 4. The van der Waals surface area contributed by atoms with E-state index in [1.807, 2.05) is 12.1 Å². The van der Waals surface area contributed by atoms with E-state index in [0.29, 0.717) is 5.02 Å². The summed E-state index contributed by atoms with van der Waals surface area (Å²) < 4.78 is 0. The number of carboxylic acids is 1. The first kappa shape index (κ1) is 15.0. The Kier molecular flexibility index (Phi) is 4.21. The van der Waals surface area contributed by atoms with Crippen molar-refractivity contribution in [3.05, 3.63) is 70.9 Å². The summed E-state index contributed by atoms with van der Waals surface area (Å²) in [5.41, 5.74) is 5.59. The molecule has 23 heavy (non-hydrogen) atoms. The van der Waals surface area contributed by atoms with Gasteiger partial charge in [0.2, 0.25) is 0 Å². The number of rotatable bonds is 4. The van der Waals surface area contributed by atoms with Crippen molar-refractivity contribution in [2.75, 3.05) is 5.43 Å². The third-order valence-corrected chi connectivity index (χ3v) is 3.50. The summed E-state index contributed by atoms with van der Waals surface area (Å²) in [6, 6.07) is 13.7. The molecule has 2 N–H and O–H groups in total. The van der Waals surface area contributed by atoms with E-state index in [2.05, 4.69) is 15.5 Å². The van der Waals surface area contributed by atoms with Gasteiger partial charge >= 0.3 is 5.97 Å². The monoisotopic (exact) mass is 325 g/mol. The van der Waals surface area contributed by atoms with Gasteiger partial charge in [-0.05, 0) is 42.0 Å². The van der Waals surface area contributed by atoms with Crippen LogP contribution in [0.15, 0.2) is 59.8 Å². The number of anilines is 1. The summed E-state index contributed by atoms with van der Waals surface area (Å²) in [7, 11) is 0. The number of pyridine rings is 1. The topological polar surface area (TPSA) is 74.6 Å². The van der Waals surface area contributed by atoms with E-state index in [4.69, 9.17) is 16.7 Å². The van der Waals surface area contributed by atoms with Crippen molar-refractivity contribution in [1.29, 1.82) is 0 Å². The first-order valence-electron chi connectivity index (χ1n) is 6.80. The van der Waals surface area contributed by atoms with Gasteiger partial charge in [0.25, 0.3) is 0 Å². The molecule has 3 aromatic rings. The molecule has 0 spiro atoms. The van der Waals surface area contributed by atoms with Gasteiger partial charge in [-0.1, -0.05) is 23.7 Å². The molecule has 0 amide bonds. The van der Waals surface area contributed by atoms with Crippen LogP contribution in [0.2, 0.25) is 5.02 Å². The first-order chi connectivity index (χ1) is 11.1. The second kappa shape index (κ2) is 6.46. The zero-order valence-corrected chi connectivity index (χ0v) is 12.7. The van der Waals surface area contributed by atoms with E-state index in [0.717, 1.165) is 22.2 Å². The number of nitrogens with one attached hydrogen (secondary N) is 1.